The van der Waals surface area contributed by atoms with Crippen LogP contribution in [0, 0.1) is 23.3 Å². The van der Waals surface area contributed by atoms with Crippen molar-refractivity contribution in [3.8, 4) is 0 Å². The second kappa shape index (κ2) is 8.86. The van der Waals surface area contributed by atoms with Crippen molar-refractivity contribution in [2.45, 2.75) is 58.3 Å². The Bertz CT molecular complexity index is 1610. The average molecular weight is 503 g/mol. The van der Waals surface area contributed by atoms with E-state index in [1.807, 2.05) is 42.5 Å². The van der Waals surface area contributed by atoms with Crippen LogP contribution in [0.5, 0.6) is 0 Å². The fourth-order valence-corrected chi connectivity index (χ4v) is 5.73. The first-order chi connectivity index (χ1) is 17.5. The molecule has 0 N–H and O–H groups in total. The summed E-state index contributed by atoms with van der Waals surface area (Å²) >= 11 is 0. The van der Waals surface area contributed by atoms with Crippen molar-refractivity contribution < 1.29 is 17.6 Å². The van der Waals surface area contributed by atoms with E-state index in [0.29, 0.717) is 6.42 Å². The Hall–Kier alpha value is -3.40. The smallest absolute Gasteiger partial charge is 0.166 e. The minimum atomic E-state index is -1.31. The Morgan fingerprint density at radius 3 is 1.38 bits per heavy atom. The second-order valence-corrected chi connectivity index (χ2v) is 11.3. The zero-order valence-electron chi connectivity index (χ0n) is 21.8. The number of hydrogen-bond donors (Lipinski definition) is 0. The molecule has 0 saturated carbocycles. The van der Waals surface area contributed by atoms with Crippen molar-refractivity contribution in [1.82, 2.24) is 0 Å². The van der Waals surface area contributed by atoms with Crippen LogP contribution in [0.2, 0.25) is 0 Å². The van der Waals surface area contributed by atoms with Gasteiger partial charge in [0.2, 0.25) is 0 Å². The normalized spacial score (nSPS) is 14.0. The number of benzene rings is 5. The fraction of sp³-hybridized carbons (Fsp3) is 0.273. The Kier molecular flexibility index (Phi) is 6.05. The molecule has 0 aliphatic carbocycles. The third-order valence-electron chi connectivity index (χ3n) is 7.80. The number of halogens is 4. The molecule has 0 nitrogen and oxygen atoms in total. The summed E-state index contributed by atoms with van der Waals surface area (Å²) in [6, 6.07) is 22.4. The molecule has 5 rings (SSSR count). The first-order valence-corrected chi connectivity index (χ1v) is 12.7. The molecule has 4 heteroatoms. The molecule has 5 aromatic carbocycles. The molecular formula is C33H30F4. The molecule has 0 spiro atoms. The monoisotopic (exact) mass is 502 g/mol. The molecule has 0 radical (unpaired) electrons. The van der Waals surface area contributed by atoms with Gasteiger partial charge >= 0.3 is 0 Å². The Morgan fingerprint density at radius 1 is 0.541 bits per heavy atom. The molecule has 0 aliphatic heterocycles. The summed E-state index contributed by atoms with van der Waals surface area (Å²) < 4.78 is 61.3. The van der Waals surface area contributed by atoms with E-state index in [0.717, 1.165) is 37.9 Å². The van der Waals surface area contributed by atoms with Gasteiger partial charge < -0.3 is 0 Å². The lowest BCUT2D eigenvalue weighted by Crippen LogP contribution is -2.30. The summed E-state index contributed by atoms with van der Waals surface area (Å²) in [6.07, 6.45) is 0.521. The van der Waals surface area contributed by atoms with Crippen molar-refractivity contribution >= 4 is 32.3 Å². The molecule has 0 saturated heterocycles. The largest absolute Gasteiger partial charge is 0.203 e. The quantitative estimate of drug-likeness (QED) is 0.130. The Labute approximate surface area is 214 Å². The van der Waals surface area contributed by atoms with E-state index in [-0.39, 0.29) is 6.42 Å². The van der Waals surface area contributed by atoms with Crippen LogP contribution in [-0.2, 0) is 17.3 Å². The molecule has 0 fully saturated rings. The topological polar surface area (TPSA) is 0 Å². The summed E-state index contributed by atoms with van der Waals surface area (Å²) in [5, 5.41) is 6.61. The molecular weight excluding hydrogens is 472 g/mol. The van der Waals surface area contributed by atoms with Crippen molar-refractivity contribution in [2.75, 3.05) is 0 Å². The molecule has 0 bridgehead atoms. The number of fused-ring (bicyclic) bond motifs is 6. The zero-order chi connectivity index (χ0) is 26.7. The van der Waals surface area contributed by atoms with Crippen LogP contribution in [0.3, 0.4) is 0 Å². The van der Waals surface area contributed by atoms with E-state index in [1.165, 1.54) is 20.8 Å². The first kappa shape index (κ1) is 25.3. The first-order valence-electron chi connectivity index (χ1n) is 12.7. The predicted octanol–water partition coefficient (Wildman–Crippen LogP) is 9.91. The summed E-state index contributed by atoms with van der Waals surface area (Å²) in [6.45, 7) is 8.07. The second-order valence-electron chi connectivity index (χ2n) is 11.3. The van der Waals surface area contributed by atoms with E-state index in [4.69, 9.17) is 0 Å². The lowest BCUT2D eigenvalue weighted by Gasteiger charge is -2.32. The maximum Gasteiger partial charge on any atom is 0.166 e. The zero-order valence-corrected chi connectivity index (χ0v) is 21.8. The van der Waals surface area contributed by atoms with Crippen LogP contribution in [0.15, 0.2) is 66.7 Å². The van der Waals surface area contributed by atoms with Crippen LogP contribution in [0.25, 0.3) is 32.3 Å². The molecule has 0 heterocycles. The highest BCUT2D eigenvalue weighted by Crippen LogP contribution is 2.42. The summed E-state index contributed by atoms with van der Waals surface area (Å²) in [5.74, 6) is -5.22. The van der Waals surface area contributed by atoms with Gasteiger partial charge in [0.25, 0.3) is 0 Å². The van der Waals surface area contributed by atoms with Gasteiger partial charge in [0, 0.05) is 16.5 Å². The van der Waals surface area contributed by atoms with Gasteiger partial charge in [-0.25, -0.2) is 17.6 Å². The van der Waals surface area contributed by atoms with Gasteiger partial charge in [-0.15, -0.1) is 0 Å². The van der Waals surface area contributed by atoms with E-state index >= 15 is 17.6 Å². The van der Waals surface area contributed by atoms with Crippen molar-refractivity contribution in [1.29, 1.82) is 0 Å². The van der Waals surface area contributed by atoms with Crippen molar-refractivity contribution in [2.24, 2.45) is 0 Å². The fourth-order valence-electron chi connectivity index (χ4n) is 5.73. The van der Waals surface area contributed by atoms with Crippen LogP contribution >= 0.6 is 0 Å². The van der Waals surface area contributed by atoms with Gasteiger partial charge in [-0.2, -0.15) is 0 Å². The average Bonchev–Trinajstić information content (AvgIpc) is 2.87. The molecule has 190 valence electrons. The van der Waals surface area contributed by atoms with Gasteiger partial charge in [0.05, 0.1) is 0 Å². The highest BCUT2D eigenvalue weighted by Gasteiger charge is 2.39. The van der Waals surface area contributed by atoms with Crippen molar-refractivity contribution in [3.63, 3.8) is 0 Å². The molecule has 0 aliphatic rings. The molecule has 5 aromatic rings. The summed E-state index contributed by atoms with van der Waals surface area (Å²) in [5.41, 5.74) is -2.49. The van der Waals surface area contributed by atoms with Crippen LogP contribution in [0.1, 0.15) is 57.7 Å². The Morgan fingerprint density at radius 2 is 0.946 bits per heavy atom. The van der Waals surface area contributed by atoms with Gasteiger partial charge in [-0.1, -0.05) is 101 Å². The maximum absolute atomic E-state index is 15.5. The minimum absolute atomic E-state index is 0.224. The van der Waals surface area contributed by atoms with Gasteiger partial charge in [-0.05, 0) is 56.1 Å². The lowest BCUT2D eigenvalue weighted by molar-refractivity contribution is 0.347. The Balaban J connectivity index is 1.70. The van der Waals surface area contributed by atoms with Gasteiger partial charge in [0.15, 0.2) is 23.3 Å². The lowest BCUT2D eigenvalue weighted by atomic mass is 9.73. The highest BCUT2D eigenvalue weighted by atomic mass is 19.2. The number of rotatable bonds is 4. The third-order valence-corrected chi connectivity index (χ3v) is 7.80. The van der Waals surface area contributed by atoms with E-state index in [9.17, 15) is 0 Å². The predicted molar refractivity (Wildman–Crippen MR) is 145 cm³/mol. The van der Waals surface area contributed by atoms with E-state index < -0.39 is 45.2 Å². The van der Waals surface area contributed by atoms with Crippen LogP contribution in [-0.4, -0.2) is 0 Å². The summed E-state index contributed by atoms with van der Waals surface area (Å²) in [7, 11) is 0. The molecule has 37 heavy (non-hydrogen) atoms. The maximum atomic E-state index is 15.5. The van der Waals surface area contributed by atoms with Gasteiger partial charge in [0.1, 0.15) is 0 Å². The van der Waals surface area contributed by atoms with Crippen LogP contribution < -0.4 is 0 Å². The molecule has 0 aromatic heterocycles. The van der Waals surface area contributed by atoms with Crippen LogP contribution in [0.4, 0.5) is 17.6 Å². The molecule has 1 atom stereocenters. The van der Waals surface area contributed by atoms with Crippen molar-refractivity contribution in [3.05, 3.63) is 107 Å². The minimum Gasteiger partial charge on any atom is -0.203 e. The standard InChI is InChI=1S/C33H30F4/c1-6-33(5,27-30(36)28(34)26(32(2,3)4)29(35)31(27)37)18-19-15-16-24-22-13-8-7-11-20(22)21-12-9-10-14-23(21)25(24)17-19/h7-17H,6,18H2,1-5H3/t33-/m0/s1. The summed E-state index contributed by atoms with van der Waals surface area (Å²) in [4.78, 5) is 0. The molecule has 0 amide bonds. The van der Waals surface area contributed by atoms with E-state index in [1.54, 1.807) is 13.8 Å². The number of hydrogen-bond acceptors (Lipinski definition) is 0. The molecule has 0 unspecified atom stereocenters. The van der Waals surface area contributed by atoms with Gasteiger partial charge in [-0.3, -0.25) is 0 Å². The van der Waals surface area contributed by atoms with E-state index in [2.05, 4.69) is 24.3 Å². The highest BCUT2D eigenvalue weighted by molar-refractivity contribution is 6.25. The third kappa shape index (κ3) is 3.98. The SMILES string of the molecule is CC[C@@](C)(Cc1ccc2c3ccccc3c3ccccc3c2c1)c1c(F)c(F)c(C(C)(C)C)c(F)c1F.